The predicted octanol–water partition coefficient (Wildman–Crippen LogP) is 3.08. The highest BCUT2D eigenvalue weighted by molar-refractivity contribution is 7.91. The Hall–Kier alpha value is -1.91. The zero-order valence-electron chi connectivity index (χ0n) is 13.2. The molecule has 0 aliphatic carbocycles. The van der Waals surface area contributed by atoms with Crippen LogP contribution in [0.2, 0.25) is 0 Å². The number of nitriles is 1. The van der Waals surface area contributed by atoms with Crippen LogP contribution in [0.25, 0.3) is 0 Å². The lowest BCUT2D eigenvalue weighted by Crippen LogP contribution is -2.27. The van der Waals surface area contributed by atoms with Crippen LogP contribution in [0.5, 0.6) is 0 Å². The molecule has 0 aliphatic rings. The number of carboxylic acid groups (broad SMARTS) is 1. The number of aliphatic carboxylic acids is 1. The molecule has 1 N–H and O–H groups in total. The summed E-state index contributed by atoms with van der Waals surface area (Å²) in [6.45, 7) is 5.30. The standard InChI is InChI=1S/C16H19FN2O3S/c1-16(2,3)23(22)19-14(9-6-12(10-18)15(20)21)11-4-7-13(17)8-5-11/h4-5,7-8,12H,6,9H2,1-3H3,(H,20,21)/t12?,23-/m1/s1. The molecule has 0 radical (unpaired) electrons. The van der Waals surface area contributed by atoms with E-state index in [-0.39, 0.29) is 12.8 Å². The fourth-order valence-electron chi connectivity index (χ4n) is 1.65. The number of rotatable bonds is 6. The summed E-state index contributed by atoms with van der Waals surface area (Å²) >= 11 is -1.54. The van der Waals surface area contributed by atoms with E-state index in [9.17, 15) is 13.7 Å². The normalized spacial score (nSPS) is 14.9. The second-order valence-corrected chi connectivity index (χ2v) is 7.87. The Morgan fingerprint density at radius 1 is 1.43 bits per heavy atom. The highest BCUT2D eigenvalue weighted by atomic mass is 32.2. The SMILES string of the molecule is CC(C)(C)[S@@+]([O-])N=C(CCC(C#N)C(=O)O)c1ccc(F)cc1. The Bertz CT molecular complexity index is 618. The number of hydrogen-bond donors (Lipinski definition) is 1. The molecular formula is C16H19FN2O3S. The topological polar surface area (TPSA) is 96.5 Å². The van der Waals surface area contributed by atoms with Gasteiger partial charge in [-0.25, -0.2) is 4.39 Å². The minimum absolute atomic E-state index is 0.0450. The first-order valence-corrected chi connectivity index (χ1v) is 8.13. The van der Waals surface area contributed by atoms with Crippen LogP contribution in [0.1, 0.15) is 39.2 Å². The van der Waals surface area contributed by atoms with E-state index >= 15 is 0 Å². The van der Waals surface area contributed by atoms with Crippen LogP contribution >= 0.6 is 0 Å². The number of carboxylic acids is 1. The van der Waals surface area contributed by atoms with Crippen molar-refractivity contribution in [2.75, 3.05) is 0 Å². The zero-order valence-corrected chi connectivity index (χ0v) is 14.1. The lowest BCUT2D eigenvalue weighted by Gasteiger charge is -2.19. The van der Waals surface area contributed by atoms with E-state index in [1.54, 1.807) is 26.8 Å². The molecule has 5 nitrogen and oxygen atoms in total. The van der Waals surface area contributed by atoms with Crippen LogP contribution in [-0.4, -0.2) is 26.1 Å². The highest BCUT2D eigenvalue weighted by Crippen LogP contribution is 2.21. The smallest absolute Gasteiger partial charge is 0.320 e. The second kappa shape index (κ2) is 8.09. The van der Waals surface area contributed by atoms with Gasteiger partial charge in [0.1, 0.15) is 27.8 Å². The minimum atomic E-state index is -1.54. The minimum Gasteiger partial charge on any atom is -0.591 e. The Labute approximate surface area is 138 Å². The van der Waals surface area contributed by atoms with Crippen molar-refractivity contribution in [3.05, 3.63) is 35.6 Å². The first-order valence-electron chi connectivity index (χ1n) is 7.03. The van der Waals surface area contributed by atoms with Gasteiger partial charge in [-0.1, -0.05) is 16.5 Å². The van der Waals surface area contributed by atoms with E-state index in [2.05, 4.69) is 4.40 Å². The van der Waals surface area contributed by atoms with E-state index in [1.165, 1.54) is 24.3 Å². The van der Waals surface area contributed by atoms with Gasteiger partial charge in [0.15, 0.2) is 0 Å². The third-order valence-corrected chi connectivity index (χ3v) is 4.45. The molecule has 0 aliphatic heterocycles. The van der Waals surface area contributed by atoms with Gasteiger partial charge in [0.2, 0.25) is 0 Å². The summed E-state index contributed by atoms with van der Waals surface area (Å²) in [5.74, 6) is -2.78. The van der Waals surface area contributed by atoms with Crippen LogP contribution in [0.3, 0.4) is 0 Å². The van der Waals surface area contributed by atoms with Gasteiger partial charge in [0.05, 0.1) is 11.8 Å². The predicted molar refractivity (Wildman–Crippen MR) is 86.8 cm³/mol. The average molecular weight is 338 g/mol. The lowest BCUT2D eigenvalue weighted by molar-refractivity contribution is -0.139. The van der Waals surface area contributed by atoms with Gasteiger partial charge in [0, 0.05) is 5.56 Å². The summed E-state index contributed by atoms with van der Waals surface area (Å²) in [5, 5.41) is 17.8. The number of halogens is 1. The quantitative estimate of drug-likeness (QED) is 0.637. The first-order chi connectivity index (χ1) is 10.6. The maximum Gasteiger partial charge on any atom is 0.320 e. The molecule has 7 heteroatoms. The Morgan fingerprint density at radius 3 is 2.43 bits per heavy atom. The van der Waals surface area contributed by atoms with Crippen molar-refractivity contribution >= 4 is 23.0 Å². The number of hydrogen-bond acceptors (Lipinski definition) is 4. The van der Waals surface area contributed by atoms with Crippen molar-refractivity contribution in [2.24, 2.45) is 10.3 Å². The molecule has 0 spiro atoms. The monoisotopic (exact) mass is 338 g/mol. The molecule has 0 saturated carbocycles. The summed E-state index contributed by atoms with van der Waals surface area (Å²) in [4.78, 5) is 10.9. The molecule has 0 saturated heterocycles. The largest absolute Gasteiger partial charge is 0.591 e. The van der Waals surface area contributed by atoms with Gasteiger partial charge in [-0.2, -0.15) is 5.26 Å². The summed E-state index contributed by atoms with van der Waals surface area (Å²) in [6, 6.07) is 7.21. The van der Waals surface area contributed by atoms with Crippen LogP contribution in [0.4, 0.5) is 4.39 Å². The Balaban J connectivity index is 3.07. The molecule has 1 rings (SSSR count). The number of nitrogens with zero attached hydrogens (tertiary/aromatic N) is 2. The molecule has 0 amide bonds. The fraction of sp³-hybridized carbons (Fsp3) is 0.438. The van der Waals surface area contributed by atoms with E-state index in [1.807, 2.05) is 0 Å². The molecule has 0 bridgehead atoms. The van der Waals surface area contributed by atoms with Crippen molar-refractivity contribution in [3.8, 4) is 6.07 Å². The van der Waals surface area contributed by atoms with Gasteiger partial charge < -0.3 is 9.66 Å². The van der Waals surface area contributed by atoms with Crippen molar-refractivity contribution in [3.63, 3.8) is 0 Å². The van der Waals surface area contributed by atoms with E-state index in [0.29, 0.717) is 11.3 Å². The number of benzene rings is 1. The van der Waals surface area contributed by atoms with Gasteiger partial charge in [-0.15, -0.1) is 0 Å². The Morgan fingerprint density at radius 2 is 2.00 bits per heavy atom. The van der Waals surface area contributed by atoms with Crippen LogP contribution < -0.4 is 0 Å². The Kier molecular flexibility index (Phi) is 6.73. The van der Waals surface area contributed by atoms with Crippen molar-refractivity contribution in [2.45, 2.75) is 38.4 Å². The molecule has 1 unspecified atom stereocenters. The fourth-order valence-corrected chi connectivity index (χ4v) is 2.32. The summed E-state index contributed by atoms with van der Waals surface area (Å²) < 4.78 is 28.9. The van der Waals surface area contributed by atoms with Gasteiger partial charge in [-0.05, 0) is 45.7 Å². The lowest BCUT2D eigenvalue weighted by atomic mass is 9.99. The van der Waals surface area contributed by atoms with Crippen molar-refractivity contribution in [1.82, 2.24) is 0 Å². The van der Waals surface area contributed by atoms with E-state index < -0.39 is 33.8 Å². The molecule has 23 heavy (non-hydrogen) atoms. The first kappa shape index (κ1) is 19.1. The van der Waals surface area contributed by atoms with E-state index in [0.717, 1.165) is 0 Å². The third-order valence-electron chi connectivity index (χ3n) is 3.02. The summed E-state index contributed by atoms with van der Waals surface area (Å²) in [6.07, 6.45) is 0.210. The average Bonchev–Trinajstić information content (AvgIpc) is 2.46. The third kappa shape index (κ3) is 6.00. The summed E-state index contributed by atoms with van der Waals surface area (Å²) in [5.41, 5.74) is 0.964. The zero-order chi connectivity index (χ0) is 17.6. The molecule has 1 aromatic carbocycles. The van der Waals surface area contributed by atoms with E-state index in [4.69, 9.17) is 10.4 Å². The maximum absolute atomic E-state index is 13.1. The molecule has 0 heterocycles. The van der Waals surface area contributed by atoms with Crippen molar-refractivity contribution in [1.29, 1.82) is 5.26 Å². The van der Waals surface area contributed by atoms with Crippen LogP contribution in [-0.2, 0) is 16.2 Å². The van der Waals surface area contributed by atoms with Gasteiger partial charge in [-0.3, -0.25) is 4.79 Å². The second-order valence-electron chi connectivity index (χ2n) is 5.97. The van der Waals surface area contributed by atoms with Crippen molar-refractivity contribution < 1.29 is 18.8 Å². The maximum atomic E-state index is 13.1. The number of carbonyl (C=O) groups is 1. The van der Waals surface area contributed by atoms with Crippen LogP contribution in [0, 0.1) is 23.1 Å². The molecule has 2 atom stereocenters. The molecule has 1 aromatic rings. The van der Waals surface area contributed by atoms with Crippen LogP contribution in [0.15, 0.2) is 28.7 Å². The molecule has 124 valence electrons. The summed E-state index contributed by atoms with van der Waals surface area (Å²) in [7, 11) is 0. The van der Waals surface area contributed by atoms with Gasteiger partial charge in [0.25, 0.3) is 0 Å². The molecular weight excluding hydrogens is 319 g/mol. The highest BCUT2D eigenvalue weighted by Gasteiger charge is 2.28. The van der Waals surface area contributed by atoms with Gasteiger partial charge >= 0.3 is 5.97 Å². The molecule has 0 fully saturated rings. The molecule has 0 aromatic heterocycles.